The summed E-state index contributed by atoms with van der Waals surface area (Å²) in [6, 6.07) is 9.75. The number of carbonyl (C=O) groups excluding carboxylic acids is 1. The lowest BCUT2D eigenvalue weighted by atomic mass is 10.1. The average Bonchev–Trinajstić information content (AvgIpc) is 3.51. The molecule has 8 nitrogen and oxygen atoms in total. The maximum atomic E-state index is 14.5. The van der Waals surface area contributed by atoms with Crippen LogP contribution in [0.4, 0.5) is 21.6 Å². The van der Waals surface area contributed by atoms with E-state index >= 15 is 0 Å². The van der Waals surface area contributed by atoms with E-state index in [2.05, 4.69) is 20.6 Å². The summed E-state index contributed by atoms with van der Waals surface area (Å²) < 4.78 is 26.4. The highest BCUT2D eigenvalue weighted by atomic mass is 35.5. The Morgan fingerprint density at radius 2 is 2.11 bits per heavy atom. The molecule has 3 heterocycles. The third kappa shape index (κ3) is 4.92. The van der Waals surface area contributed by atoms with Crippen LogP contribution in [-0.4, -0.2) is 53.6 Å². The Labute approximate surface area is 216 Å². The molecule has 4 aromatic rings. The Morgan fingerprint density at radius 3 is 2.89 bits per heavy atom. The van der Waals surface area contributed by atoms with Gasteiger partial charge in [0.05, 0.1) is 35.1 Å². The molecule has 2 aromatic carbocycles. The highest BCUT2D eigenvalue weighted by Gasteiger charge is 2.36. The van der Waals surface area contributed by atoms with Crippen LogP contribution in [0, 0.1) is 5.82 Å². The number of rotatable bonds is 7. The molecule has 186 valence electrons. The molecule has 2 aromatic heterocycles. The van der Waals surface area contributed by atoms with Gasteiger partial charge in [-0.3, -0.25) is 9.69 Å². The lowest BCUT2D eigenvalue weighted by molar-refractivity contribution is -0.120. The van der Waals surface area contributed by atoms with Crippen molar-refractivity contribution in [2.45, 2.75) is 18.6 Å². The number of hydrogen-bond acceptors (Lipinski definition) is 8. The zero-order valence-corrected chi connectivity index (χ0v) is 21.1. The highest BCUT2D eigenvalue weighted by molar-refractivity contribution is 7.08. The quantitative estimate of drug-likeness (QED) is 0.336. The van der Waals surface area contributed by atoms with Crippen LogP contribution in [0.3, 0.4) is 0 Å². The largest absolute Gasteiger partial charge is 0.493 e. The van der Waals surface area contributed by atoms with Crippen LogP contribution < -0.4 is 20.1 Å². The van der Waals surface area contributed by atoms with E-state index in [-0.39, 0.29) is 28.8 Å². The number of likely N-dealkylation sites (tertiary alicyclic amines) is 1. The summed E-state index contributed by atoms with van der Waals surface area (Å²) in [6.07, 6.45) is 1.65. The first-order chi connectivity index (χ1) is 17.4. The number of benzene rings is 2. The second kappa shape index (κ2) is 10.3. The van der Waals surface area contributed by atoms with E-state index in [1.54, 1.807) is 31.4 Å². The van der Waals surface area contributed by atoms with Gasteiger partial charge in [-0.2, -0.15) is 11.3 Å². The monoisotopic (exact) mass is 527 g/mol. The second-order valence-corrected chi connectivity index (χ2v) is 9.59. The predicted molar refractivity (Wildman–Crippen MR) is 139 cm³/mol. The zero-order chi connectivity index (χ0) is 25.2. The van der Waals surface area contributed by atoms with Crippen LogP contribution in [0.15, 0.2) is 53.5 Å². The smallest absolute Gasteiger partial charge is 0.241 e. The summed E-state index contributed by atoms with van der Waals surface area (Å²) in [5, 5.41) is 10.4. The minimum Gasteiger partial charge on any atom is -0.493 e. The molecule has 2 atom stereocenters. The maximum Gasteiger partial charge on any atom is 0.241 e. The Morgan fingerprint density at radius 1 is 1.25 bits per heavy atom. The average molecular weight is 528 g/mol. The van der Waals surface area contributed by atoms with E-state index in [1.807, 2.05) is 28.8 Å². The normalized spacial score (nSPS) is 17.8. The summed E-state index contributed by atoms with van der Waals surface area (Å²) in [7, 11) is 3.45. The molecule has 0 saturated carbocycles. The van der Waals surface area contributed by atoms with Crippen molar-refractivity contribution in [1.29, 1.82) is 0 Å². The second-order valence-electron chi connectivity index (χ2n) is 8.40. The summed E-state index contributed by atoms with van der Waals surface area (Å²) in [4.78, 5) is 23.4. The number of fused-ring (bicyclic) bond motifs is 1. The van der Waals surface area contributed by atoms with E-state index in [4.69, 9.17) is 21.1 Å². The number of hydrogen-bond donors (Lipinski definition) is 2. The SMILES string of the molecule is COc1cc2ncnc(Nc3cccc(Cl)c3F)c2cc1O[C@H]1C[C@H](C(=O)Nc2ccsc2)N(C)C1. The molecule has 0 spiro atoms. The Balaban J connectivity index is 1.39. The predicted octanol–water partition coefficient (Wildman–Crippen LogP) is 5.33. The van der Waals surface area contributed by atoms with Crippen molar-refractivity contribution in [3.8, 4) is 11.5 Å². The van der Waals surface area contributed by atoms with Crippen molar-refractivity contribution in [1.82, 2.24) is 14.9 Å². The first kappa shape index (κ1) is 24.2. The number of carbonyl (C=O) groups is 1. The van der Waals surface area contributed by atoms with Crippen molar-refractivity contribution in [3.05, 3.63) is 64.3 Å². The van der Waals surface area contributed by atoms with Crippen LogP contribution in [0.5, 0.6) is 11.5 Å². The highest BCUT2D eigenvalue weighted by Crippen LogP contribution is 2.37. The number of thiophene rings is 1. The number of ether oxygens (including phenoxy) is 2. The summed E-state index contributed by atoms with van der Waals surface area (Å²) in [6.45, 7) is 0.563. The van der Waals surface area contributed by atoms with Crippen molar-refractivity contribution in [2.24, 2.45) is 0 Å². The van der Waals surface area contributed by atoms with Crippen molar-refractivity contribution < 1.29 is 18.7 Å². The molecule has 36 heavy (non-hydrogen) atoms. The summed E-state index contributed by atoms with van der Waals surface area (Å²) >= 11 is 7.45. The summed E-state index contributed by atoms with van der Waals surface area (Å²) in [5.74, 6) is 0.722. The van der Waals surface area contributed by atoms with Crippen LogP contribution in [-0.2, 0) is 4.79 Å². The Bertz CT molecular complexity index is 1400. The number of likely N-dealkylation sites (N-methyl/N-ethyl adjacent to an activating group) is 1. The number of nitrogens with one attached hydrogen (secondary N) is 2. The van der Waals surface area contributed by atoms with Crippen molar-refractivity contribution in [2.75, 3.05) is 31.3 Å². The minimum atomic E-state index is -0.573. The molecule has 1 aliphatic heterocycles. The molecule has 5 rings (SSSR count). The van der Waals surface area contributed by atoms with Crippen molar-refractivity contribution >= 4 is 56.9 Å². The molecule has 11 heteroatoms. The Hall–Kier alpha value is -3.47. The van der Waals surface area contributed by atoms with Gasteiger partial charge in [0.25, 0.3) is 0 Å². The van der Waals surface area contributed by atoms with Gasteiger partial charge in [-0.1, -0.05) is 17.7 Å². The van der Waals surface area contributed by atoms with E-state index in [9.17, 15) is 9.18 Å². The third-order valence-corrected chi connectivity index (χ3v) is 7.00. The fraction of sp³-hybridized carbons (Fsp3) is 0.240. The van der Waals surface area contributed by atoms with Crippen LogP contribution in [0.2, 0.25) is 5.02 Å². The molecular formula is C25H23ClFN5O3S. The van der Waals surface area contributed by atoms with Gasteiger partial charge in [0.1, 0.15) is 18.2 Å². The lowest BCUT2D eigenvalue weighted by Crippen LogP contribution is -2.36. The van der Waals surface area contributed by atoms with Crippen LogP contribution in [0.25, 0.3) is 10.9 Å². The maximum absolute atomic E-state index is 14.5. The molecule has 0 bridgehead atoms. The topological polar surface area (TPSA) is 88.6 Å². The molecule has 0 aliphatic carbocycles. The van der Waals surface area contributed by atoms with Gasteiger partial charge in [-0.15, -0.1) is 0 Å². The first-order valence-electron chi connectivity index (χ1n) is 11.2. The fourth-order valence-electron chi connectivity index (χ4n) is 4.23. The summed E-state index contributed by atoms with van der Waals surface area (Å²) in [5.41, 5.74) is 1.57. The Kier molecular flexibility index (Phi) is 6.90. The third-order valence-electron chi connectivity index (χ3n) is 6.02. The molecule has 0 unspecified atom stereocenters. The molecule has 2 N–H and O–H groups in total. The number of aromatic nitrogens is 2. The zero-order valence-electron chi connectivity index (χ0n) is 19.5. The minimum absolute atomic E-state index is 0.00648. The molecule has 1 amide bonds. The fourth-order valence-corrected chi connectivity index (χ4v) is 4.99. The van der Waals surface area contributed by atoms with Gasteiger partial charge in [-0.25, -0.2) is 14.4 Å². The first-order valence-corrected chi connectivity index (χ1v) is 12.5. The van der Waals surface area contributed by atoms with Crippen LogP contribution in [0.1, 0.15) is 6.42 Å². The van der Waals surface area contributed by atoms with Gasteiger partial charge >= 0.3 is 0 Å². The van der Waals surface area contributed by atoms with Gasteiger partial charge in [0, 0.05) is 29.8 Å². The standard InChI is InChI=1S/C25H23ClFN5O3S/c1-32-11-15(8-20(32)25(33)30-14-6-7-36-12-14)35-22-9-16-19(10-21(22)34-2)28-13-29-24(16)31-18-5-3-4-17(26)23(18)27/h3-7,9-10,12-13,15,20H,8,11H2,1-2H3,(H,30,33)(H,28,29,31)/t15-,20+/m0/s1. The van der Waals surface area contributed by atoms with Crippen LogP contribution >= 0.6 is 22.9 Å². The lowest BCUT2D eigenvalue weighted by Gasteiger charge is -2.17. The molecule has 1 saturated heterocycles. The van der Waals surface area contributed by atoms with Gasteiger partial charge < -0.3 is 20.1 Å². The van der Waals surface area contributed by atoms with Crippen molar-refractivity contribution in [3.63, 3.8) is 0 Å². The molecule has 0 radical (unpaired) electrons. The van der Waals surface area contributed by atoms with E-state index in [0.29, 0.717) is 41.2 Å². The van der Waals surface area contributed by atoms with E-state index < -0.39 is 5.82 Å². The molecule has 1 fully saturated rings. The number of amides is 1. The molecular weight excluding hydrogens is 505 g/mol. The van der Waals surface area contributed by atoms with Gasteiger partial charge in [-0.05, 0) is 36.7 Å². The number of nitrogens with zero attached hydrogens (tertiary/aromatic N) is 3. The van der Waals surface area contributed by atoms with E-state index in [0.717, 1.165) is 5.69 Å². The van der Waals surface area contributed by atoms with E-state index in [1.165, 1.54) is 23.7 Å². The number of anilines is 3. The van der Waals surface area contributed by atoms with Gasteiger partial charge in [0.2, 0.25) is 5.91 Å². The molecule has 1 aliphatic rings. The number of halogens is 2. The van der Waals surface area contributed by atoms with Gasteiger partial charge in [0.15, 0.2) is 17.3 Å². The number of methoxy groups -OCH3 is 1.